The van der Waals surface area contributed by atoms with E-state index in [-0.39, 0.29) is 29.5 Å². The number of nitro benzene ring substituents is 1. The maximum Gasteiger partial charge on any atom is 0.271 e. The first kappa shape index (κ1) is 32.9. The summed E-state index contributed by atoms with van der Waals surface area (Å²) in [7, 11) is 0. The Balaban J connectivity index is 1.78. The van der Waals surface area contributed by atoms with E-state index in [2.05, 4.69) is 12.2 Å². The van der Waals surface area contributed by atoms with Crippen LogP contribution in [-0.4, -0.2) is 68.6 Å². The molecule has 1 saturated heterocycles. The summed E-state index contributed by atoms with van der Waals surface area (Å²) in [6, 6.07) is 3.56. The largest absolute Gasteiger partial charge is 0.460 e. The zero-order valence-corrected chi connectivity index (χ0v) is 23.0. The van der Waals surface area contributed by atoms with Crippen LogP contribution in [-0.2, 0) is 9.53 Å². The van der Waals surface area contributed by atoms with E-state index in [1.54, 1.807) is 0 Å². The van der Waals surface area contributed by atoms with E-state index in [9.17, 15) is 35.3 Å². The van der Waals surface area contributed by atoms with Gasteiger partial charge in [0.1, 0.15) is 30.2 Å². The molecule has 5 N–H and O–H groups in total. The number of hydrogen-bond acceptors (Lipinski definition) is 9. The van der Waals surface area contributed by atoms with E-state index < -0.39 is 42.2 Å². The third-order valence-corrected chi connectivity index (χ3v) is 7.05. The van der Waals surface area contributed by atoms with Crippen molar-refractivity contribution >= 4 is 17.3 Å². The van der Waals surface area contributed by atoms with E-state index in [1.165, 1.54) is 69.9 Å². The van der Waals surface area contributed by atoms with Crippen molar-refractivity contribution in [3.8, 4) is 5.75 Å². The topological polar surface area (TPSA) is 172 Å². The van der Waals surface area contributed by atoms with Crippen molar-refractivity contribution in [3.05, 3.63) is 28.3 Å². The number of carbonyl (C=O) groups is 1. The second-order valence-corrected chi connectivity index (χ2v) is 10.3. The Labute approximate surface area is 230 Å². The molecule has 0 radical (unpaired) electrons. The van der Waals surface area contributed by atoms with Gasteiger partial charge in [-0.05, 0) is 12.5 Å². The minimum Gasteiger partial charge on any atom is -0.460 e. The molecule has 1 amide bonds. The average molecular weight is 555 g/mol. The number of unbranched alkanes of at least 4 members (excludes halogenated alkanes) is 12. The van der Waals surface area contributed by atoms with Crippen molar-refractivity contribution in [1.29, 1.82) is 0 Å². The number of hydrogen-bond donors (Lipinski definition) is 5. The van der Waals surface area contributed by atoms with E-state index >= 15 is 0 Å². The van der Waals surface area contributed by atoms with Crippen LogP contribution in [0.1, 0.15) is 96.8 Å². The Morgan fingerprint density at radius 3 is 2.03 bits per heavy atom. The van der Waals surface area contributed by atoms with Gasteiger partial charge in [0.25, 0.3) is 5.69 Å². The number of anilines is 1. The molecule has 1 fully saturated rings. The molecule has 2 rings (SSSR count). The molecule has 39 heavy (non-hydrogen) atoms. The summed E-state index contributed by atoms with van der Waals surface area (Å²) in [6.07, 6.45) is 8.15. The SMILES string of the molecule is CCCCCCCCCCCCCCCC(=O)Nc1cc([N+](=O)[O-])ccc1OC1OC(CO)C(O)C(O)C1O. The maximum atomic E-state index is 12.6. The lowest BCUT2D eigenvalue weighted by molar-refractivity contribution is -0.384. The Kier molecular flexibility index (Phi) is 15.3. The van der Waals surface area contributed by atoms with E-state index in [0.29, 0.717) is 6.42 Å². The Bertz CT molecular complexity index is 867. The minimum absolute atomic E-state index is 0.0147. The maximum absolute atomic E-state index is 12.6. The van der Waals surface area contributed by atoms with Crippen molar-refractivity contribution in [1.82, 2.24) is 0 Å². The fourth-order valence-corrected chi connectivity index (χ4v) is 4.64. The standard InChI is InChI=1S/C28H46N2O9/c1-2-3-4-5-6-7-8-9-10-11-12-13-14-15-24(32)29-21-18-20(30(36)37)16-17-22(21)38-28-27(35)26(34)25(33)23(19-31)39-28/h16-18,23,25-28,31,33-35H,2-15,19H2,1H3,(H,29,32). The first-order chi connectivity index (χ1) is 18.8. The molecule has 5 atom stereocenters. The zero-order valence-electron chi connectivity index (χ0n) is 23.0. The molecule has 1 aliphatic rings. The molecule has 1 aliphatic heterocycles. The van der Waals surface area contributed by atoms with Gasteiger partial charge in [0.2, 0.25) is 12.2 Å². The monoisotopic (exact) mass is 554 g/mol. The van der Waals surface area contributed by atoms with Gasteiger partial charge in [-0.2, -0.15) is 0 Å². The summed E-state index contributed by atoms with van der Waals surface area (Å²) >= 11 is 0. The number of amides is 1. The summed E-state index contributed by atoms with van der Waals surface area (Å²) < 4.78 is 11.0. The number of rotatable bonds is 19. The van der Waals surface area contributed by atoms with Gasteiger partial charge in [0.15, 0.2) is 0 Å². The highest BCUT2D eigenvalue weighted by molar-refractivity contribution is 5.92. The third-order valence-electron chi connectivity index (χ3n) is 7.05. The summed E-state index contributed by atoms with van der Waals surface area (Å²) in [4.78, 5) is 23.2. The first-order valence-corrected chi connectivity index (χ1v) is 14.3. The van der Waals surface area contributed by atoms with Crippen LogP contribution >= 0.6 is 0 Å². The molecule has 0 bridgehead atoms. The number of carbonyl (C=O) groups excluding carboxylic acids is 1. The molecule has 222 valence electrons. The highest BCUT2D eigenvalue weighted by Crippen LogP contribution is 2.33. The second kappa shape index (κ2) is 18.1. The van der Waals surface area contributed by atoms with Gasteiger partial charge in [0.05, 0.1) is 17.2 Å². The summed E-state index contributed by atoms with van der Waals surface area (Å²) in [5.41, 5.74) is -0.256. The van der Waals surface area contributed by atoms with Crippen LogP contribution in [0.5, 0.6) is 5.75 Å². The summed E-state index contributed by atoms with van der Waals surface area (Å²) in [5.74, 6) is -0.360. The van der Waals surface area contributed by atoms with Crippen molar-refractivity contribution < 1.29 is 39.6 Å². The molecule has 0 aliphatic carbocycles. The Hall–Kier alpha value is -2.31. The normalized spacial score (nSPS) is 22.9. The lowest BCUT2D eigenvalue weighted by Crippen LogP contribution is -2.60. The lowest BCUT2D eigenvalue weighted by Gasteiger charge is -2.39. The van der Waals surface area contributed by atoms with Crippen molar-refractivity contribution in [2.75, 3.05) is 11.9 Å². The van der Waals surface area contributed by atoms with Crippen LogP contribution < -0.4 is 10.1 Å². The van der Waals surface area contributed by atoms with Crippen LogP contribution in [0.4, 0.5) is 11.4 Å². The molecule has 0 aromatic heterocycles. The van der Waals surface area contributed by atoms with Gasteiger partial charge >= 0.3 is 0 Å². The number of benzene rings is 1. The predicted molar refractivity (Wildman–Crippen MR) is 146 cm³/mol. The zero-order chi connectivity index (χ0) is 28.6. The van der Waals surface area contributed by atoms with Crippen LogP contribution in [0.2, 0.25) is 0 Å². The number of non-ortho nitro benzene ring substituents is 1. The van der Waals surface area contributed by atoms with Crippen LogP contribution in [0.3, 0.4) is 0 Å². The molecule has 1 aromatic rings. The Morgan fingerprint density at radius 1 is 0.923 bits per heavy atom. The fraction of sp³-hybridized carbons (Fsp3) is 0.750. The number of aliphatic hydroxyl groups is 4. The van der Waals surface area contributed by atoms with Gasteiger partial charge in [-0.15, -0.1) is 0 Å². The highest BCUT2D eigenvalue weighted by atomic mass is 16.7. The van der Waals surface area contributed by atoms with Gasteiger partial charge in [0, 0.05) is 18.6 Å². The smallest absolute Gasteiger partial charge is 0.271 e. The van der Waals surface area contributed by atoms with E-state index in [0.717, 1.165) is 25.3 Å². The first-order valence-electron chi connectivity index (χ1n) is 14.3. The summed E-state index contributed by atoms with van der Waals surface area (Å²) in [6.45, 7) is 1.60. The van der Waals surface area contributed by atoms with Crippen LogP contribution in [0, 0.1) is 10.1 Å². The van der Waals surface area contributed by atoms with Gasteiger partial charge in [-0.3, -0.25) is 14.9 Å². The molecular formula is C28H46N2O9. The highest BCUT2D eigenvalue weighted by Gasteiger charge is 2.45. The number of ether oxygens (including phenoxy) is 2. The quantitative estimate of drug-likeness (QED) is 0.0955. The second-order valence-electron chi connectivity index (χ2n) is 10.3. The number of nitrogens with zero attached hydrogens (tertiary/aromatic N) is 1. The lowest BCUT2D eigenvalue weighted by atomic mass is 9.99. The fourth-order valence-electron chi connectivity index (χ4n) is 4.64. The number of nitro groups is 1. The molecular weight excluding hydrogens is 508 g/mol. The van der Waals surface area contributed by atoms with Gasteiger partial charge < -0.3 is 35.2 Å². The molecule has 11 nitrogen and oxygen atoms in total. The van der Waals surface area contributed by atoms with E-state index in [1.807, 2.05) is 0 Å². The molecule has 0 spiro atoms. The van der Waals surface area contributed by atoms with Crippen molar-refractivity contribution in [2.45, 2.75) is 128 Å². The molecule has 5 unspecified atom stereocenters. The molecule has 1 heterocycles. The van der Waals surface area contributed by atoms with E-state index in [4.69, 9.17) is 9.47 Å². The Morgan fingerprint density at radius 2 is 1.49 bits per heavy atom. The average Bonchev–Trinajstić information content (AvgIpc) is 2.92. The molecule has 11 heteroatoms. The van der Waals surface area contributed by atoms with Gasteiger partial charge in [-0.1, -0.05) is 84.0 Å². The number of nitrogens with one attached hydrogen (secondary N) is 1. The summed E-state index contributed by atoms with van der Waals surface area (Å²) in [5, 5.41) is 53.5. The van der Waals surface area contributed by atoms with Crippen LogP contribution in [0.25, 0.3) is 0 Å². The predicted octanol–water partition coefficient (Wildman–Crippen LogP) is 4.19. The molecule has 1 aromatic carbocycles. The van der Waals surface area contributed by atoms with Crippen molar-refractivity contribution in [3.63, 3.8) is 0 Å². The van der Waals surface area contributed by atoms with Gasteiger partial charge in [-0.25, -0.2) is 0 Å². The molecule has 0 saturated carbocycles. The van der Waals surface area contributed by atoms with Crippen molar-refractivity contribution in [2.24, 2.45) is 0 Å². The number of aliphatic hydroxyl groups excluding tert-OH is 4. The third kappa shape index (κ3) is 11.4. The minimum atomic E-state index is -1.66. The van der Waals surface area contributed by atoms with Crippen LogP contribution in [0.15, 0.2) is 18.2 Å².